The van der Waals surface area contributed by atoms with Crippen LogP contribution in [0, 0.1) is 5.92 Å². The van der Waals surface area contributed by atoms with E-state index in [0.717, 1.165) is 11.5 Å². The van der Waals surface area contributed by atoms with Crippen molar-refractivity contribution in [3.8, 4) is 0 Å². The molecule has 1 aliphatic heterocycles. The Morgan fingerprint density at radius 1 is 1.62 bits per heavy atom. The minimum atomic E-state index is -0.0722. The summed E-state index contributed by atoms with van der Waals surface area (Å²) in [5.74, 6) is 2.18. The molecule has 2 heterocycles. The molecule has 1 aromatic heterocycles. The zero-order chi connectivity index (χ0) is 11.5. The standard InChI is InChI=1S/C11H15NO3S/c1-16-7-9-2-3-10(15-9)11(14)12-4-8(5-12)6-13/h2-3,8,13H,4-7H2,1H3. The number of thioether (sulfide) groups is 1. The average Bonchev–Trinajstić information content (AvgIpc) is 2.65. The van der Waals surface area contributed by atoms with Crippen LogP contribution in [-0.4, -0.2) is 41.9 Å². The number of hydrogen-bond donors (Lipinski definition) is 1. The van der Waals surface area contributed by atoms with Gasteiger partial charge in [0.25, 0.3) is 5.91 Å². The van der Waals surface area contributed by atoms with Crippen LogP contribution >= 0.6 is 11.8 Å². The zero-order valence-corrected chi connectivity index (χ0v) is 10.00. The lowest BCUT2D eigenvalue weighted by molar-refractivity contribution is 0.0333. The Balaban J connectivity index is 1.94. The van der Waals surface area contributed by atoms with Crippen LogP contribution < -0.4 is 0 Å². The normalized spacial score (nSPS) is 16.2. The lowest BCUT2D eigenvalue weighted by Gasteiger charge is -2.37. The largest absolute Gasteiger partial charge is 0.455 e. The predicted octanol–water partition coefficient (Wildman–Crippen LogP) is 1.21. The molecule has 0 radical (unpaired) electrons. The van der Waals surface area contributed by atoms with Gasteiger partial charge in [-0.1, -0.05) is 0 Å². The van der Waals surface area contributed by atoms with Gasteiger partial charge in [-0.2, -0.15) is 11.8 Å². The van der Waals surface area contributed by atoms with E-state index in [0.29, 0.717) is 18.8 Å². The van der Waals surface area contributed by atoms with Gasteiger partial charge in [0.15, 0.2) is 5.76 Å². The number of aliphatic hydroxyl groups excluding tert-OH is 1. The van der Waals surface area contributed by atoms with E-state index in [-0.39, 0.29) is 18.4 Å². The Bertz CT molecular complexity index is 371. The summed E-state index contributed by atoms with van der Waals surface area (Å²) < 4.78 is 5.44. The fourth-order valence-corrected chi connectivity index (χ4v) is 2.16. The molecule has 1 saturated heterocycles. The Kier molecular flexibility index (Phi) is 3.56. The van der Waals surface area contributed by atoms with E-state index in [2.05, 4.69) is 0 Å². The summed E-state index contributed by atoms with van der Waals surface area (Å²) in [6.07, 6.45) is 1.99. The number of carbonyl (C=O) groups excluding carboxylic acids is 1. The van der Waals surface area contributed by atoms with Crippen molar-refractivity contribution in [2.75, 3.05) is 26.0 Å². The molecule has 0 aliphatic carbocycles. The number of furan rings is 1. The number of likely N-dealkylation sites (tertiary alicyclic amines) is 1. The maximum absolute atomic E-state index is 11.8. The van der Waals surface area contributed by atoms with Crippen molar-refractivity contribution in [3.05, 3.63) is 23.7 Å². The molecule has 1 amide bonds. The van der Waals surface area contributed by atoms with Crippen molar-refractivity contribution in [1.82, 2.24) is 4.90 Å². The van der Waals surface area contributed by atoms with E-state index < -0.39 is 0 Å². The highest BCUT2D eigenvalue weighted by atomic mass is 32.2. The molecule has 1 N–H and O–H groups in total. The van der Waals surface area contributed by atoms with E-state index in [1.165, 1.54) is 0 Å². The van der Waals surface area contributed by atoms with Gasteiger partial charge in [-0.05, 0) is 18.4 Å². The van der Waals surface area contributed by atoms with Crippen molar-refractivity contribution < 1.29 is 14.3 Å². The third kappa shape index (κ3) is 2.25. The number of aliphatic hydroxyl groups is 1. The molecule has 4 nitrogen and oxygen atoms in total. The second kappa shape index (κ2) is 4.93. The van der Waals surface area contributed by atoms with E-state index in [4.69, 9.17) is 9.52 Å². The molecular formula is C11H15NO3S. The number of amides is 1. The quantitative estimate of drug-likeness (QED) is 0.860. The molecule has 0 bridgehead atoms. The molecule has 0 atom stereocenters. The topological polar surface area (TPSA) is 53.7 Å². The number of hydrogen-bond acceptors (Lipinski definition) is 4. The molecular weight excluding hydrogens is 226 g/mol. The molecule has 1 aromatic rings. The number of carbonyl (C=O) groups is 1. The van der Waals surface area contributed by atoms with Crippen LogP contribution in [0.1, 0.15) is 16.3 Å². The average molecular weight is 241 g/mol. The summed E-state index contributed by atoms with van der Waals surface area (Å²) in [5.41, 5.74) is 0. The number of nitrogens with zero attached hydrogens (tertiary/aromatic N) is 1. The Morgan fingerprint density at radius 3 is 3.00 bits per heavy atom. The van der Waals surface area contributed by atoms with Gasteiger partial charge in [0.2, 0.25) is 0 Å². The zero-order valence-electron chi connectivity index (χ0n) is 9.18. The lowest BCUT2D eigenvalue weighted by Crippen LogP contribution is -2.51. The summed E-state index contributed by atoms with van der Waals surface area (Å²) in [7, 11) is 0. The first-order valence-electron chi connectivity index (χ1n) is 5.22. The van der Waals surface area contributed by atoms with Gasteiger partial charge in [-0.25, -0.2) is 0 Å². The van der Waals surface area contributed by atoms with Crippen molar-refractivity contribution in [2.45, 2.75) is 5.75 Å². The Morgan fingerprint density at radius 2 is 2.38 bits per heavy atom. The van der Waals surface area contributed by atoms with Gasteiger partial charge in [0.1, 0.15) is 5.76 Å². The van der Waals surface area contributed by atoms with E-state index in [1.807, 2.05) is 12.3 Å². The van der Waals surface area contributed by atoms with Gasteiger partial charge in [-0.3, -0.25) is 4.79 Å². The molecule has 5 heteroatoms. The first-order valence-corrected chi connectivity index (χ1v) is 6.61. The maximum Gasteiger partial charge on any atom is 0.289 e. The van der Waals surface area contributed by atoms with Crippen LogP contribution in [0.5, 0.6) is 0 Å². The van der Waals surface area contributed by atoms with Gasteiger partial charge in [0.05, 0.1) is 5.75 Å². The first kappa shape index (κ1) is 11.5. The van der Waals surface area contributed by atoms with E-state index in [1.54, 1.807) is 22.7 Å². The second-order valence-corrected chi connectivity index (χ2v) is 4.82. The van der Waals surface area contributed by atoms with Crippen molar-refractivity contribution in [3.63, 3.8) is 0 Å². The van der Waals surface area contributed by atoms with Crippen LogP contribution in [0.2, 0.25) is 0 Å². The van der Waals surface area contributed by atoms with Crippen molar-refractivity contribution >= 4 is 17.7 Å². The van der Waals surface area contributed by atoms with Gasteiger partial charge in [0, 0.05) is 25.6 Å². The minimum absolute atomic E-state index is 0.0722. The third-order valence-electron chi connectivity index (χ3n) is 2.66. The maximum atomic E-state index is 11.8. The van der Waals surface area contributed by atoms with E-state index in [9.17, 15) is 4.79 Å². The minimum Gasteiger partial charge on any atom is -0.455 e. The SMILES string of the molecule is CSCc1ccc(C(=O)N2CC(CO)C2)o1. The van der Waals surface area contributed by atoms with Crippen LogP contribution in [0.3, 0.4) is 0 Å². The van der Waals surface area contributed by atoms with Crippen molar-refractivity contribution in [1.29, 1.82) is 0 Å². The van der Waals surface area contributed by atoms with Crippen LogP contribution in [0.4, 0.5) is 0 Å². The molecule has 1 aliphatic rings. The summed E-state index contributed by atoms with van der Waals surface area (Å²) in [4.78, 5) is 13.5. The van der Waals surface area contributed by atoms with Crippen LogP contribution in [0.15, 0.2) is 16.5 Å². The summed E-state index contributed by atoms with van der Waals surface area (Å²) in [6.45, 7) is 1.42. The lowest BCUT2D eigenvalue weighted by atomic mass is 10.0. The monoisotopic (exact) mass is 241 g/mol. The molecule has 2 rings (SSSR count). The highest BCUT2D eigenvalue weighted by Gasteiger charge is 2.31. The van der Waals surface area contributed by atoms with Crippen LogP contribution in [0.25, 0.3) is 0 Å². The van der Waals surface area contributed by atoms with Gasteiger partial charge in [-0.15, -0.1) is 0 Å². The van der Waals surface area contributed by atoms with Gasteiger partial charge < -0.3 is 14.4 Å². The molecule has 0 aromatic carbocycles. The molecule has 1 fully saturated rings. The molecule has 0 spiro atoms. The first-order chi connectivity index (χ1) is 7.74. The van der Waals surface area contributed by atoms with Gasteiger partial charge >= 0.3 is 0 Å². The smallest absolute Gasteiger partial charge is 0.289 e. The predicted molar refractivity (Wildman–Crippen MR) is 62.4 cm³/mol. The summed E-state index contributed by atoms with van der Waals surface area (Å²) >= 11 is 1.66. The highest BCUT2D eigenvalue weighted by Crippen LogP contribution is 2.20. The van der Waals surface area contributed by atoms with Crippen LogP contribution in [-0.2, 0) is 5.75 Å². The molecule has 16 heavy (non-hydrogen) atoms. The second-order valence-electron chi connectivity index (χ2n) is 3.96. The fraction of sp³-hybridized carbons (Fsp3) is 0.545. The summed E-state index contributed by atoms with van der Waals surface area (Å²) in [5, 5.41) is 8.87. The molecule has 88 valence electrons. The fourth-order valence-electron chi connectivity index (χ4n) is 1.72. The van der Waals surface area contributed by atoms with Crippen molar-refractivity contribution in [2.24, 2.45) is 5.92 Å². The highest BCUT2D eigenvalue weighted by molar-refractivity contribution is 7.97. The molecule has 0 unspecified atom stereocenters. The summed E-state index contributed by atoms with van der Waals surface area (Å²) in [6, 6.07) is 3.56. The number of rotatable bonds is 4. The Labute approximate surface area is 98.6 Å². The molecule has 0 saturated carbocycles. The van der Waals surface area contributed by atoms with E-state index >= 15 is 0 Å². The third-order valence-corrected chi connectivity index (χ3v) is 3.23. The Hall–Kier alpha value is -0.940.